The molecule has 0 aromatic carbocycles. The highest BCUT2D eigenvalue weighted by Gasteiger charge is 2.61. The Morgan fingerprint density at radius 3 is 2.55 bits per heavy atom. The maximum absolute atomic E-state index is 12.5. The molecule has 1 saturated carbocycles. The molecule has 7 unspecified atom stereocenters. The lowest BCUT2D eigenvalue weighted by atomic mass is 9.56. The molecule has 2 heteroatoms. The fourth-order valence-corrected chi connectivity index (χ4v) is 5.23. The van der Waals surface area contributed by atoms with E-state index in [-0.39, 0.29) is 23.5 Å². The molecule has 1 heterocycles. The summed E-state index contributed by atoms with van der Waals surface area (Å²) >= 11 is 0. The first-order valence-electron chi connectivity index (χ1n) is 8.23. The molecular weight excluding hydrogens is 248 g/mol. The third kappa shape index (κ3) is 1.99. The van der Waals surface area contributed by atoms with Crippen LogP contribution in [0.1, 0.15) is 53.9 Å². The van der Waals surface area contributed by atoms with Gasteiger partial charge in [-0.2, -0.15) is 0 Å². The second-order valence-electron chi connectivity index (χ2n) is 7.62. The minimum absolute atomic E-state index is 0.112. The van der Waals surface area contributed by atoms with Crippen LogP contribution >= 0.6 is 0 Å². The smallest absolute Gasteiger partial charge is 0.133 e. The molecule has 0 aromatic rings. The first-order valence-corrected chi connectivity index (χ1v) is 8.23. The van der Waals surface area contributed by atoms with Crippen molar-refractivity contribution < 1.29 is 9.53 Å². The molecule has 0 N–H and O–H groups in total. The van der Waals surface area contributed by atoms with Crippen molar-refractivity contribution in [3.05, 3.63) is 11.6 Å². The summed E-state index contributed by atoms with van der Waals surface area (Å²) in [5.74, 6) is 2.62. The van der Waals surface area contributed by atoms with Crippen molar-refractivity contribution in [2.24, 2.45) is 29.6 Å². The number of carbonyl (C=O) groups is 1. The number of epoxide rings is 1. The SMILES string of the molecule is CC(=O)C1C2C(C)CCCC2C=C(C)C1C1(C)OC1C. The van der Waals surface area contributed by atoms with Gasteiger partial charge in [0.1, 0.15) is 5.78 Å². The van der Waals surface area contributed by atoms with Gasteiger partial charge in [-0.3, -0.25) is 4.79 Å². The summed E-state index contributed by atoms with van der Waals surface area (Å²) in [6.45, 7) is 10.7. The van der Waals surface area contributed by atoms with Crippen molar-refractivity contribution in [3.8, 4) is 0 Å². The van der Waals surface area contributed by atoms with Crippen LogP contribution in [0.2, 0.25) is 0 Å². The summed E-state index contributed by atoms with van der Waals surface area (Å²) in [5.41, 5.74) is 1.28. The van der Waals surface area contributed by atoms with Gasteiger partial charge in [0.25, 0.3) is 0 Å². The van der Waals surface area contributed by atoms with Crippen LogP contribution in [0, 0.1) is 29.6 Å². The van der Waals surface area contributed by atoms with Gasteiger partial charge in [0.05, 0.1) is 11.7 Å². The molecule has 0 bridgehead atoms. The van der Waals surface area contributed by atoms with Gasteiger partial charge in [-0.15, -0.1) is 0 Å². The second kappa shape index (κ2) is 4.69. The summed E-state index contributed by atoms with van der Waals surface area (Å²) in [4.78, 5) is 12.5. The molecule has 112 valence electrons. The van der Waals surface area contributed by atoms with E-state index < -0.39 is 0 Å². The highest BCUT2D eigenvalue weighted by molar-refractivity contribution is 5.80. The van der Waals surface area contributed by atoms with Crippen LogP contribution in [0.5, 0.6) is 0 Å². The molecule has 1 aliphatic heterocycles. The average molecular weight is 276 g/mol. The van der Waals surface area contributed by atoms with Crippen LogP contribution in [0.4, 0.5) is 0 Å². The van der Waals surface area contributed by atoms with Gasteiger partial charge >= 0.3 is 0 Å². The van der Waals surface area contributed by atoms with E-state index in [0.29, 0.717) is 23.5 Å². The zero-order valence-electron chi connectivity index (χ0n) is 13.5. The zero-order chi connectivity index (χ0) is 14.7. The predicted octanol–water partition coefficient (Wildman–Crippen LogP) is 4.00. The molecule has 2 fully saturated rings. The van der Waals surface area contributed by atoms with Gasteiger partial charge < -0.3 is 4.74 Å². The van der Waals surface area contributed by atoms with E-state index in [2.05, 4.69) is 33.8 Å². The Balaban J connectivity index is 2.02. The lowest BCUT2D eigenvalue weighted by Crippen LogP contribution is -2.47. The minimum atomic E-state index is -0.112. The number of Topliss-reactive ketones (excluding diaryl/α,β-unsaturated/α-hetero) is 1. The van der Waals surface area contributed by atoms with Crippen LogP contribution in [0.15, 0.2) is 11.6 Å². The van der Waals surface area contributed by atoms with E-state index in [1.54, 1.807) is 6.92 Å². The number of rotatable bonds is 2. The van der Waals surface area contributed by atoms with E-state index in [4.69, 9.17) is 4.74 Å². The fraction of sp³-hybridized carbons (Fsp3) is 0.833. The van der Waals surface area contributed by atoms with Crippen molar-refractivity contribution in [1.82, 2.24) is 0 Å². The van der Waals surface area contributed by atoms with Crippen LogP contribution in [0.25, 0.3) is 0 Å². The molecule has 2 aliphatic carbocycles. The van der Waals surface area contributed by atoms with E-state index in [1.807, 2.05) is 0 Å². The summed E-state index contributed by atoms with van der Waals surface area (Å²) in [5, 5.41) is 0. The fourth-order valence-electron chi connectivity index (χ4n) is 5.23. The molecule has 0 radical (unpaired) electrons. The van der Waals surface area contributed by atoms with E-state index in [1.165, 1.54) is 24.8 Å². The number of allylic oxidation sites excluding steroid dienone is 1. The predicted molar refractivity (Wildman–Crippen MR) is 80.4 cm³/mol. The standard InChI is InChI=1S/C18H28O2/c1-10-7-6-8-14-9-11(2)17(18(5)13(4)20-18)16(12(3)19)15(10)14/h9-10,13-17H,6-8H2,1-5H3. The van der Waals surface area contributed by atoms with E-state index in [9.17, 15) is 4.79 Å². The van der Waals surface area contributed by atoms with Crippen molar-refractivity contribution >= 4 is 5.78 Å². The summed E-state index contributed by atoms with van der Waals surface area (Å²) in [6.07, 6.45) is 6.61. The highest BCUT2D eigenvalue weighted by atomic mass is 16.6. The van der Waals surface area contributed by atoms with Crippen molar-refractivity contribution in [1.29, 1.82) is 0 Å². The lowest BCUT2D eigenvalue weighted by molar-refractivity contribution is -0.128. The summed E-state index contributed by atoms with van der Waals surface area (Å²) in [7, 11) is 0. The number of ketones is 1. The summed E-state index contributed by atoms with van der Waals surface area (Å²) in [6, 6.07) is 0. The van der Waals surface area contributed by atoms with Crippen LogP contribution < -0.4 is 0 Å². The lowest BCUT2D eigenvalue weighted by Gasteiger charge is -2.47. The first-order chi connectivity index (χ1) is 9.36. The monoisotopic (exact) mass is 276 g/mol. The normalized spacial score (nSPS) is 51.1. The van der Waals surface area contributed by atoms with E-state index >= 15 is 0 Å². The molecular formula is C18H28O2. The Hall–Kier alpha value is -0.630. The molecule has 0 amide bonds. The Labute approximate surface area is 123 Å². The van der Waals surface area contributed by atoms with Crippen LogP contribution in [-0.2, 0) is 9.53 Å². The van der Waals surface area contributed by atoms with Crippen molar-refractivity contribution in [2.45, 2.75) is 65.6 Å². The van der Waals surface area contributed by atoms with Crippen molar-refractivity contribution in [3.63, 3.8) is 0 Å². The minimum Gasteiger partial charge on any atom is -0.366 e. The molecule has 3 aliphatic rings. The number of hydrogen-bond donors (Lipinski definition) is 0. The molecule has 0 aromatic heterocycles. The largest absolute Gasteiger partial charge is 0.366 e. The van der Waals surface area contributed by atoms with Gasteiger partial charge in [0.15, 0.2) is 0 Å². The Morgan fingerprint density at radius 1 is 1.35 bits per heavy atom. The Bertz CT molecular complexity index is 452. The third-order valence-corrected chi connectivity index (χ3v) is 6.36. The molecule has 1 saturated heterocycles. The van der Waals surface area contributed by atoms with E-state index in [0.717, 1.165) is 0 Å². The molecule has 3 rings (SSSR count). The third-order valence-electron chi connectivity index (χ3n) is 6.36. The second-order valence-corrected chi connectivity index (χ2v) is 7.62. The van der Waals surface area contributed by atoms with Crippen molar-refractivity contribution in [2.75, 3.05) is 0 Å². The van der Waals surface area contributed by atoms with Gasteiger partial charge in [-0.05, 0) is 51.9 Å². The van der Waals surface area contributed by atoms with Gasteiger partial charge in [0.2, 0.25) is 0 Å². The number of ether oxygens (including phenoxy) is 1. The molecule has 20 heavy (non-hydrogen) atoms. The molecule has 0 spiro atoms. The highest BCUT2D eigenvalue weighted by Crippen LogP contribution is 2.56. The Morgan fingerprint density at radius 2 is 2.00 bits per heavy atom. The number of hydrogen-bond acceptors (Lipinski definition) is 2. The Kier molecular flexibility index (Phi) is 3.36. The van der Waals surface area contributed by atoms with Crippen LogP contribution in [-0.4, -0.2) is 17.5 Å². The average Bonchev–Trinajstić information content (AvgIpc) is 2.96. The van der Waals surface area contributed by atoms with Crippen LogP contribution in [0.3, 0.4) is 0 Å². The topological polar surface area (TPSA) is 29.6 Å². The summed E-state index contributed by atoms with van der Waals surface area (Å²) < 4.78 is 5.92. The van der Waals surface area contributed by atoms with Gasteiger partial charge in [-0.25, -0.2) is 0 Å². The maximum atomic E-state index is 12.5. The first kappa shape index (κ1) is 14.3. The number of carbonyl (C=O) groups excluding carboxylic acids is 1. The molecule has 7 atom stereocenters. The maximum Gasteiger partial charge on any atom is 0.133 e. The zero-order valence-corrected chi connectivity index (χ0v) is 13.5. The number of fused-ring (bicyclic) bond motifs is 1. The molecule has 2 nitrogen and oxygen atoms in total. The van der Waals surface area contributed by atoms with Gasteiger partial charge in [-0.1, -0.05) is 31.4 Å². The van der Waals surface area contributed by atoms with Gasteiger partial charge in [0, 0.05) is 11.8 Å². The quantitative estimate of drug-likeness (QED) is 0.563.